The smallest absolute Gasteiger partial charge is 0.192 e. The van der Waals surface area contributed by atoms with Crippen molar-refractivity contribution < 1.29 is 4.39 Å². The molecule has 0 aromatic heterocycles. The second-order valence-corrected chi connectivity index (χ2v) is 6.31. The van der Waals surface area contributed by atoms with Gasteiger partial charge in [-0.1, -0.05) is 78.9 Å². The lowest BCUT2D eigenvalue weighted by molar-refractivity contribution is 0.569. The summed E-state index contributed by atoms with van der Waals surface area (Å²) in [5, 5.41) is 6.70. The zero-order chi connectivity index (χ0) is 17.8. The van der Waals surface area contributed by atoms with E-state index in [4.69, 9.17) is 4.99 Å². The second kappa shape index (κ2) is 7.40. The van der Waals surface area contributed by atoms with Gasteiger partial charge in [-0.05, 0) is 17.2 Å². The highest BCUT2D eigenvalue weighted by Crippen LogP contribution is 2.35. The van der Waals surface area contributed by atoms with E-state index in [0.717, 1.165) is 5.56 Å². The molecular formula is C22H20FN3. The molecule has 3 aromatic rings. The molecule has 2 atom stereocenters. The van der Waals surface area contributed by atoms with E-state index in [1.165, 1.54) is 11.6 Å². The van der Waals surface area contributed by atoms with Crippen LogP contribution in [-0.2, 0) is 6.54 Å². The fraction of sp³-hybridized carbons (Fsp3) is 0.136. The Balaban J connectivity index is 1.57. The molecule has 2 N–H and O–H groups in total. The van der Waals surface area contributed by atoms with Crippen LogP contribution in [-0.4, -0.2) is 5.96 Å². The van der Waals surface area contributed by atoms with E-state index in [9.17, 15) is 4.39 Å². The molecule has 0 aliphatic carbocycles. The minimum absolute atomic E-state index is 0.0262. The summed E-state index contributed by atoms with van der Waals surface area (Å²) in [5.41, 5.74) is 2.95. The van der Waals surface area contributed by atoms with Crippen LogP contribution >= 0.6 is 0 Å². The van der Waals surface area contributed by atoms with Crippen molar-refractivity contribution in [1.82, 2.24) is 10.6 Å². The average molecular weight is 345 g/mol. The van der Waals surface area contributed by atoms with Crippen LogP contribution in [0, 0.1) is 5.82 Å². The summed E-state index contributed by atoms with van der Waals surface area (Å²) in [6.07, 6.45) is 0. The summed E-state index contributed by atoms with van der Waals surface area (Å²) in [4.78, 5) is 4.83. The van der Waals surface area contributed by atoms with Crippen molar-refractivity contribution in [3.8, 4) is 0 Å². The molecule has 0 fully saturated rings. The third kappa shape index (κ3) is 3.45. The molecule has 1 aliphatic heterocycles. The van der Waals surface area contributed by atoms with Crippen LogP contribution in [0.2, 0.25) is 0 Å². The van der Waals surface area contributed by atoms with Gasteiger partial charge in [0.25, 0.3) is 0 Å². The Morgan fingerprint density at radius 1 is 0.808 bits per heavy atom. The number of rotatable bonds is 4. The van der Waals surface area contributed by atoms with Gasteiger partial charge in [0.05, 0.1) is 6.04 Å². The quantitative estimate of drug-likeness (QED) is 0.737. The molecule has 26 heavy (non-hydrogen) atoms. The SMILES string of the molecule is Fc1ccccc1CNC1=N[C@@H](c2ccccc2)[C@@H](c2ccccc2)N1. The molecule has 0 bridgehead atoms. The Morgan fingerprint density at radius 2 is 1.42 bits per heavy atom. The molecule has 4 rings (SSSR count). The van der Waals surface area contributed by atoms with Crippen molar-refractivity contribution in [2.75, 3.05) is 0 Å². The molecular weight excluding hydrogens is 325 g/mol. The molecule has 0 saturated carbocycles. The van der Waals surface area contributed by atoms with Crippen LogP contribution in [0.5, 0.6) is 0 Å². The molecule has 1 aliphatic rings. The number of benzene rings is 3. The van der Waals surface area contributed by atoms with Crippen molar-refractivity contribution in [2.45, 2.75) is 18.6 Å². The Kier molecular flexibility index (Phi) is 4.65. The monoisotopic (exact) mass is 345 g/mol. The Morgan fingerprint density at radius 3 is 2.12 bits per heavy atom. The number of guanidine groups is 1. The van der Waals surface area contributed by atoms with E-state index in [1.54, 1.807) is 12.1 Å². The van der Waals surface area contributed by atoms with Gasteiger partial charge >= 0.3 is 0 Å². The minimum Gasteiger partial charge on any atom is -0.352 e. The summed E-state index contributed by atoms with van der Waals surface area (Å²) < 4.78 is 13.8. The number of halogens is 1. The highest BCUT2D eigenvalue weighted by atomic mass is 19.1. The maximum atomic E-state index is 13.8. The van der Waals surface area contributed by atoms with Crippen molar-refractivity contribution in [2.24, 2.45) is 4.99 Å². The highest BCUT2D eigenvalue weighted by Gasteiger charge is 2.31. The molecule has 4 heteroatoms. The molecule has 130 valence electrons. The lowest BCUT2D eigenvalue weighted by atomic mass is 9.95. The van der Waals surface area contributed by atoms with Crippen LogP contribution in [0.3, 0.4) is 0 Å². The molecule has 0 amide bonds. The number of aliphatic imine (C=N–C) groups is 1. The first-order valence-corrected chi connectivity index (χ1v) is 8.73. The Hall–Kier alpha value is -3.14. The van der Waals surface area contributed by atoms with Gasteiger partial charge in [-0.25, -0.2) is 9.38 Å². The van der Waals surface area contributed by atoms with Gasteiger partial charge in [-0.3, -0.25) is 0 Å². The first-order chi connectivity index (χ1) is 12.8. The normalized spacial score (nSPS) is 18.9. The van der Waals surface area contributed by atoms with Gasteiger partial charge in [0.1, 0.15) is 11.9 Å². The van der Waals surface area contributed by atoms with Crippen LogP contribution < -0.4 is 10.6 Å². The summed E-state index contributed by atoms with van der Waals surface area (Å²) in [6.45, 7) is 0.390. The predicted octanol–water partition coefficient (Wildman–Crippen LogP) is 4.36. The topological polar surface area (TPSA) is 36.4 Å². The summed E-state index contributed by atoms with van der Waals surface area (Å²) >= 11 is 0. The summed E-state index contributed by atoms with van der Waals surface area (Å²) in [5.74, 6) is 0.480. The summed E-state index contributed by atoms with van der Waals surface area (Å²) in [7, 11) is 0. The third-order valence-electron chi connectivity index (χ3n) is 4.58. The van der Waals surface area contributed by atoms with Crippen molar-refractivity contribution in [3.63, 3.8) is 0 Å². The van der Waals surface area contributed by atoms with E-state index < -0.39 is 0 Å². The van der Waals surface area contributed by atoms with Gasteiger partial charge in [0.15, 0.2) is 5.96 Å². The number of nitrogens with zero attached hydrogens (tertiary/aromatic N) is 1. The van der Waals surface area contributed by atoms with Crippen LogP contribution in [0.4, 0.5) is 4.39 Å². The zero-order valence-corrected chi connectivity index (χ0v) is 14.3. The van der Waals surface area contributed by atoms with Crippen molar-refractivity contribution >= 4 is 5.96 Å². The minimum atomic E-state index is -0.210. The number of nitrogens with one attached hydrogen (secondary N) is 2. The molecule has 3 nitrogen and oxygen atoms in total. The zero-order valence-electron chi connectivity index (χ0n) is 14.3. The lowest BCUT2D eigenvalue weighted by Gasteiger charge is -2.19. The van der Waals surface area contributed by atoms with Crippen molar-refractivity contribution in [3.05, 3.63) is 107 Å². The molecule has 0 unspecified atom stereocenters. The van der Waals surface area contributed by atoms with Crippen molar-refractivity contribution in [1.29, 1.82) is 0 Å². The number of hydrogen-bond donors (Lipinski definition) is 2. The molecule has 0 saturated heterocycles. The van der Waals surface area contributed by atoms with Gasteiger partial charge in [0.2, 0.25) is 0 Å². The van der Waals surface area contributed by atoms with E-state index in [-0.39, 0.29) is 17.9 Å². The molecule has 0 spiro atoms. The maximum Gasteiger partial charge on any atom is 0.192 e. The van der Waals surface area contributed by atoms with Gasteiger partial charge in [0, 0.05) is 12.1 Å². The molecule has 1 heterocycles. The van der Waals surface area contributed by atoms with E-state index >= 15 is 0 Å². The molecule has 0 radical (unpaired) electrons. The predicted molar refractivity (Wildman–Crippen MR) is 102 cm³/mol. The summed E-state index contributed by atoms with van der Waals surface area (Å²) in [6, 6.07) is 27.3. The van der Waals surface area contributed by atoms with E-state index in [2.05, 4.69) is 34.9 Å². The van der Waals surface area contributed by atoms with Gasteiger partial charge in [-0.2, -0.15) is 0 Å². The fourth-order valence-electron chi connectivity index (χ4n) is 3.24. The largest absolute Gasteiger partial charge is 0.352 e. The van der Waals surface area contributed by atoms with E-state index in [0.29, 0.717) is 18.1 Å². The molecule has 3 aromatic carbocycles. The Bertz CT molecular complexity index is 894. The highest BCUT2D eigenvalue weighted by molar-refractivity contribution is 5.82. The van der Waals surface area contributed by atoms with Crippen LogP contribution in [0.15, 0.2) is 89.9 Å². The standard InChI is InChI=1S/C22H20FN3/c23-19-14-8-7-13-18(19)15-24-22-25-20(16-9-3-1-4-10-16)21(26-22)17-11-5-2-6-12-17/h1-14,20-21H,15H2,(H2,24,25,26)/t20-,21+. The van der Waals surface area contributed by atoms with Crippen LogP contribution in [0.25, 0.3) is 0 Å². The van der Waals surface area contributed by atoms with E-state index in [1.807, 2.05) is 42.5 Å². The van der Waals surface area contributed by atoms with Gasteiger partial charge < -0.3 is 10.6 Å². The Labute approximate surface area is 152 Å². The van der Waals surface area contributed by atoms with Crippen LogP contribution in [0.1, 0.15) is 28.8 Å². The second-order valence-electron chi connectivity index (χ2n) is 6.31. The maximum absolute atomic E-state index is 13.8. The van der Waals surface area contributed by atoms with Gasteiger partial charge in [-0.15, -0.1) is 0 Å². The first-order valence-electron chi connectivity index (χ1n) is 8.73. The first kappa shape index (κ1) is 16.3. The lowest BCUT2D eigenvalue weighted by Crippen LogP contribution is -2.35. The average Bonchev–Trinajstić information content (AvgIpc) is 3.13. The third-order valence-corrected chi connectivity index (χ3v) is 4.58. The number of hydrogen-bond acceptors (Lipinski definition) is 3. The fourth-order valence-corrected chi connectivity index (χ4v) is 3.24.